The molecule has 0 aliphatic rings. The molecule has 2 aromatic heterocycles. The van der Waals surface area contributed by atoms with Gasteiger partial charge in [0, 0.05) is 18.6 Å². The molecular weight excluding hydrogens is 250 g/mol. The van der Waals surface area contributed by atoms with E-state index in [0.29, 0.717) is 25.6 Å². The highest BCUT2D eigenvalue weighted by Crippen LogP contribution is 2.12. The smallest absolute Gasteiger partial charge is 0.213 e. The fraction of sp³-hybridized carbons (Fsp3) is 0.333. The molecule has 2 aromatic rings. The number of aromatic nitrogens is 2. The fourth-order valence-corrected chi connectivity index (χ4v) is 1.88. The van der Waals surface area contributed by atoms with E-state index in [1.807, 2.05) is 23.0 Å². The normalized spacial score (nSPS) is 10.3. The number of hydrogen-bond acceptors (Lipinski definition) is 6. The second kappa shape index (κ2) is 6.93. The molecule has 0 saturated carbocycles. The lowest BCUT2D eigenvalue weighted by Gasteiger charge is -2.06. The van der Waals surface area contributed by atoms with E-state index in [0.717, 1.165) is 11.4 Å². The number of methoxy groups -OCH3 is 1. The van der Waals surface area contributed by atoms with Gasteiger partial charge in [0.1, 0.15) is 6.61 Å². The van der Waals surface area contributed by atoms with Crippen LogP contribution < -0.4 is 10.1 Å². The number of nitrogens with one attached hydrogen (secondary N) is 1. The average molecular weight is 265 g/mol. The summed E-state index contributed by atoms with van der Waals surface area (Å²) in [5, 5.41) is 5.26. The first kappa shape index (κ1) is 12.8. The molecule has 0 amide bonds. The van der Waals surface area contributed by atoms with Gasteiger partial charge in [-0.3, -0.25) is 0 Å². The third kappa shape index (κ3) is 3.97. The predicted octanol–water partition coefficient (Wildman–Crippen LogP) is 2.18. The van der Waals surface area contributed by atoms with E-state index < -0.39 is 0 Å². The monoisotopic (exact) mass is 265 g/mol. The molecule has 1 N–H and O–H groups in total. The van der Waals surface area contributed by atoms with Gasteiger partial charge in [0.05, 0.1) is 36.2 Å². The van der Waals surface area contributed by atoms with Crippen molar-refractivity contribution in [3.8, 4) is 5.88 Å². The summed E-state index contributed by atoms with van der Waals surface area (Å²) in [6, 6.07) is 3.76. The zero-order valence-corrected chi connectivity index (χ0v) is 10.9. The van der Waals surface area contributed by atoms with Gasteiger partial charge in [0.2, 0.25) is 5.88 Å². The Bertz CT molecular complexity index is 445. The SMILES string of the molecule is COCCOc1ccc(NCc2cscn2)cn1. The predicted molar refractivity (Wildman–Crippen MR) is 71.0 cm³/mol. The molecule has 0 fully saturated rings. The molecule has 5 nitrogen and oxygen atoms in total. The van der Waals surface area contributed by atoms with Crippen LogP contribution in [-0.4, -0.2) is 30.3 Å². The standard InChI is InChI=1S/C12H15N3O2S/c1-16-4-5-17-12-3-2-10(6-14-12)13-7-11-8-18-9-15-11/h2-3,6,8-9,13H,4-5,7H2,1H3. The Labute approximate surface area is 110 Å². The molecule has 2 heterocycles. The highest BCUT2D eigenvalue weighted by molar-refractivity contribution is 7.07. The van der Waals surface area contributed by atoms with E-state index in [-0.39, 0.29) is 0 Å². The highest BCUT2D eigenvalue weighted by atomic mass is 32.1. The van der Waals surface area contributed by atoms with Crippen molar-refractivity contribution in [1.29, 1.82) is 0 Å². The quantitative estimate of drug-likeness (QED) is 0.778. The van der Waals surface area contributed by atoms with Gasteiger partial charge in [-0.05, 0) is 6.07 Å². The first-order valence-electron chi connectivity index (χ1n) is 5.57. The van der Waals surface area contributed by atoms with Gasteiger partial charge in [-0.1, -0.05) is 0 Å². The molecule has 0 saturated heterocycles. The summed E-state index contributed by atoms with van der Waals surface area (Å²) in [5.41, 5.74) is 3.80. The van der Waals surface area contributed by atoms with Crippen molar-refractivity contribution in [3.63, 3.8) is 0 Å². The molecule has 96 valence electrons. The lowest BCUT2D eigenvalue weighted by atomic mass is 10.4. The van der Waals surface area contributed by atoms with E-state index in [1.54, 1.807) is 24.6 Å². The Kier molecular flexibility index (Phi) is 4.92. The summed E-state index contributed by atoms with van der Waals surface area (Å²) in [6.45, 7) is 1.77. The summed E-state index contributed by atoms with van der Waals surface area (Å²) in [7, 11) is 1.64. The number of hydrogen-bond donors (Lipinski definition) is 1. The van der Waals surface area contributed by atoms with Crippen LogP contribution in [0.2, 0.25) is 0 Å². The van der Waals surface area contributed by atoms with Gasteiger partial charge < -0.3 is 14.8 Å². The second-order valence-corrected chi connectivity index (χ2v) is 4.28. The molecule has 0 spiro atoms. The van der Waals surface area contributed by atoms with Gasteiger partial charge in [0.25, 0.3) is 0 Å². The van der Waals surface area contributed by atoms with Gasteiger partial charge in [-0.2, -0.15) is 0 Å². The van der Waals surface area contributed by atoms with Gasteiger partial charge in [-0.15, -0.1) is 11.3 Å². The molecule has 6 heteroatoms. The number of rotatable bonds is 7. The summed E-state index contributed by atoms with van der Waals surface area (Å²) in [5.74, 6) is 0.603. The van der Waals surface area contributed by atoms with E-state index in [1.165, 1.54) is 0 Å². The third-order valence-electron chi connectivity index (χ3n) is 2.23. The Morgan fingerprint density at radius 3 is 2.89 bits per heavy atom. The topological polar surface area (TPSA) is 56.3 Å². The molecule has 0 radical (unpaired) electrons. The van der Waals surface area contributed by atoms with Crippen molar-refractivity contribution < 1.29 is 9.47 Å². The molecule has 0 unspecified atom stereocenters. The number of anilines is 1. The maximum absolute atomic E-state index is 5.38. The molecule has 0 atom stereocenters. The Hall–Kier alpha value is -1.66. The molecule has 0 aliphatic carbocycles. The zero-order chi connectivity index (χ0) is 12.6. The maximum Gasteiger partial charge on any atom is 0.213 e. The number of thiazole rings is 1. The van der Waals surface area contributed by atoms with Crippen LogP contribution in [0.5, 0.6) is 5.88 Å². The van der Waals surface area contributed by atoms with Crippen LogP contribution in [0.15, 0.2) is 29.2 Å². The number of pyridine rings is 1. The van der Waals surface area contributed by atoms with Crippen LogP contribution >= 0.6 is 11.3 Å². The van der Waals surface area contributed by atoms with Crippen molar-refractivity contribution in [2.75, 3.05) is 25.6 Å². The molecule has 18 heavy (non-hydrogen) atoms. The Balaban J connectivity index is 1.80. The Morgan fingerprint density at radius 1 is 1.28 bits per heavy atom. The van der Waals surface area contributed by atoms with Crippen molar-refractivity contribution in [3.05, 3.63) is 34.9 Å². The summed E-state index contributed by atoms with van der Waals surface area (Å²) in [4.78, 5) is 8.39. The van der Waals surface area contributed by atoms with Crippen LogP contribution in [0, 0.1) is 0 Å². The highest BCUT2D eigenvalue weighted by Gasteiger charge is 1.98. The lowest BCUT2D eigenvalue weighted by molar-refractivity contribution is 0.144. The molecule has 0 aliphatic heterocycles. The van der Waals surface area contributed by atoms with Crippen LogP contribution in [-0.2, 0) is 11.3 Å². The fourth-order valence-electron chi connectivity index (χ4n) is 1.32. The molecule has 0 bridgehead atoms. The van der Waals surface area contributed by atoms with Gasteiger partial charge in [0.15, 0.2) is 0 Å². The van der Waals surface area contributed by atoms with Gasteiger partial charge in [-0.25, -0.2) is 9.97 Å². The largest absolute Gasteiger partial charge is 0.475 e. The van der Waals surface area contributed by atoms with E-state index in [9.17, 15) is 0 Å². The maximum atomic E-state index is 5.38. The minimum absolute atomic E-state index is 0.509. The van der Waals surface area contributed by atoms with Crippen molar-refractivity contribution in [2.24, 2.45) is 0 Å². The Morgan fingerprint density at radius 2 is 2.22 bits per heavy atom. The molecular formula is C12H15N3O2S. The molecule has 0 aromatic carbocycles. The average Bonchev–Trinajstić information content (AvgIpc) is 2.91. The van der Waals surface area contributed by atoms with Crippen molar-refractivity contribution in [2.45, 2.75) is 6.54 Å². The second-order valence-electron chi connectivity index (χ2n) is 3.56. The van der Waals surface area contributed by atoms with E-state index >= 15 is 0 Å². The minimum Gasteiger partial charge on any atom is -0.475 e. The lowest BCUT2D eigenvalue weighted by Crippen LogP contribution is -2.05. The van der Waals surface area contributed by atoms with Crippen LogP contribution in [0.3, 0.4) is 0 Å². The summed E-state index contributed by atoms with van der Waals surface area (Å²) >= 11 is 1.59. The number of nitrogens with zero attached hydrogens (tertiary/aromatic N) is 2. The summed E-state index contributed by atoms with van der Waals surface area (Å²) < 4.78 is 10.3. The first-order chi connectivity index (χ1) is 8.88. The third-order valence-corrected chi connectivity index (χ3v) is 2.87. The molecule has 2 rings (SSSR count). The van der Waals surface area contributed by atoms with Crippen LogP contribution in [0.25, 0.3) is 0 Å². The zero-order valence-electron chi connectivity index (χ0n) is 10.1. The number of ether oxygens (including phenoxy) is 2. The summed E-state index contributed by atoms with van der Waals surface area (Å²) in [6.07, 6.45) is 1.74. The van der Waals surface area contributed by atoms with Crippen molar-refractivity contribution in [1.82, 2.24) is 9.97 Å². The minimum atomic E-state index is 0.509. The van der Waals surface area contributed by atoms with Crippen LogP contribution in [0.1, 0.15) is 5.69 Å². The van der Waals surface area contributed by atoms with E-state index in [4.69, 9.17) is 9.47 Å². The van der Waals surface area contributed by atoms with E-state index in [2.05, 4.69) is 15.3 Å². The van der Waals surface area contributed by atoms with Crippen molar-refractivity contribution >= 4 is 17.0 Å². The van der Waals surface area contributed by atoms with Crippen LogP contribution in [0.4, 0.5) is 5.69 Å². The first-order valence-corrected chi connectivity index (χ1v) is 6.51. The van der Waals surface area contributed by atoms with Gasteiger partial charge >= 0.3 is 0 Å².